The third-order valence-corrected chi connectivity index (χ3v) is 5.73. The summed E-state index contributed by atoms with van der Waals surface area (Å²) in [6.45, 7) is 0. The van der Waals surface area contributed by atoms with Crippen LogP contribution in [0.2, 0.25) is 0 Å². The van der Waals surface area contributed by atoms with Crippen molar-refractivity contribution in [3.63, 3.8) is 0 Å². The molecule has 2 unspecified atom stereocenters. The molecule has 23 heavy (non-hydrogen) atoms. The summed E-state index contributed by atoms with van der Waals surface area (Å²) in [6, 6.07) is 14.5. The van der Waals surface area contributed by atoms with E-state index in [0.717, 1.165) is 5.56 Å². The van der Waals surface area contributed by atoms with Crippen LogP contribution in [0, 0.1) is 0 Å². The van der Waals surface area contributed by atoms with Crippen LogP contribution in [0.4, 0.5) is 0 Å². The van der Waals surface area contributed by atoms with Gasteiger partial charge in [-0.3, -0.25) is 9.78 Å². The number of benzene rings is 1. The summed E-state index contributed by atoms with van der Waals surface area (Å²) in [4.78, 5) is 17.1. The van der Waals surface area contributed by atoms with Crippen LogP contribution in [0.5, 0.6) is 0 Å². The third-order valence-electron chi connectivity index (χ3n) is 3.96. The molecule has 1 aromatic carbocycles. The maximum absolute atomic E-state index is 12.8. The lowest BCUT2D eigenvalue weighted by molar-refractivity contribution is -0.122. The first-order valence-electron chi connectivity index (χ1n) is 7.52. The zero-order chi connectivity index (χ0) is 16.3. The average molecular weight is 330 g/mol. The van der Waals surface area contributed by atoms with Gasteiger partial charge in [0.05, 0.1) is 17.2 Å². The minimum absolute atomic E-state index is 0.0163. The standard InChI is InChI=1S/C17H18N2O3S/c20-17(19-14-9-11-23(21,22)12-14)16(13-6-2-1-3-7-13)15-8-4-5-10-18-15/h1-8,10,14,16H,9,11-12H2,(H,19,20). The molecule has 3 rings (SSSR count). The Morgan fingerprint density at radius 3 is 2.48 bits per heavy atom. The highest BCUT2D eigenvalue weighted by Crippen LogP contribution is 2.24. The van der Waals surface area contributed by atoms with E-state index < -0.39 is 15.8 Å². The topological polar surface area (TPSA) is 76.1 Å². The van der Waals surface area contributed by atoms with Gasteiger partial charge in [-0.2, -0.15) is 0 Å². The molecule has 1 aromatic heterocycles. The van der Waals surface area contributed by atoms with Gasteiger partial charge in [-0.1, -0.05) is 36.4 Å². The Morgan fingerprint density at radius 1 is 1.13 bits per heavy atom. The summed E-state index contributed by atoms with van der Waals surface area (Å²) < 4.78 is 23.1. The molecule has 6 heteroatoms. The fourth-order valence-corrected chi connectivity index (χ4v) is 4.52. The predicted octanol–water partition coefficient (Wildman–Crippen LogP) is 1.52. The summed E-state index contributed by atoms with van der Waals surface area (Å²) in [7, 11) is -3.03. The summed E-state index contributed by atoms with van der Waals surface area (Å²) >= 11 is 0. The van der Waals surface area contributed by atoms with E-state index in [2.05, 4.69) is 10.3 Å². The molecule has 1 aliphatic rings. The summed E-state index contributed by atoms with van der Waals surface area (Å²) in [5.74, 6) is -0.599. The molecular formula is C17H18N2O3S. The number of carbonyl (C=O) groups excluding carboxylic acids is 1. The molecular weight excluding hydrogens is 312 g/mol. The maximum atomic E-state index is 12.8. The smallest absolute Gasteiger partial charge is 0.233 e. The van der Waals surface area contributed by atoms with E-state index in [9.17, 15) is 13.2 Å². The van der Waals surface area contributed by atoms with Gasteiger partial charge in [-0.25, -0.2) is 8.42 Å². The minimum atomic E-state index is -3.03. The predicted molar refractivity (Wildman–Crippen MR) is 87.7 cm³/mol. The Labute approximate surface area is 135 Å². The number of hydrogen-bond donors (Lipinski definition) is 1. The molecule has 1 fully saturated rings. The van der Waals surface area contributed by atoms with Crippen molar-refractivity contribution in [3.8, 4) is 0 Å². The van der Waals surface area contributed by atoms with Crippen molar-refractivity contribution in [2.24, 2.45) is 0 Å². The van der Waals surface area contributed by atoms with Crippen molar-refractivity contribution in [1.82, 2.24) is 10.3 Å². The monoisotopic (exact) mass is 330 g/mol. The molecule has 2 aromatic rings. The Balaban J connectivity index is 1.85. The highest BCUT2D eigenvalue weighted by Gasteiger charge is 2.32. The zero-order valence-corrected chi connectivity index (χ0v) is 13.4. The van der Waals surface area contributed by atoms with Gasteiger partial charge in [0, 0.05) is 12.2 Å². The van der Waals surface area contributed by atoms with Crippen molar-refractivity contribution in [3.05, 3.63) is 66.0 Å². The van der Waals surface area contributed by atoms with Gasteiger partial charge < -0.3 is 5.32 Å². The van der Waals surface area contributed by atoms with E-state index in [1.165, 1.54) is 0 Å². The van der Waals surface area contributed by atoms with Crippen molar-refractivity contribution in [1.29, 1.82) is 0 Å². The van der Waals surface area contributed by atoms with Crippen LogP contribution < -0.4 is 5.32 Å². The Hall–Kier alpha value is -2.21. The first-order valence-corrected chi connectivity index (χ1v) is 9.34. The number of pyridine rings is 1. The lowest BCUT2D eigenvalue weighted by Gasteiger charge is -2.19. The third kappa shape index (κ3) is 3.76. The molecule has 1 amide bonds. The molecule has 0 aliphatic carbocycles. The molecule has 0 spiro atoms. The number of sulfone groups is 1. The van der Waals surface area contributed by atoms with Crippen LogP contribution in [0.1, 0.15) is 23.6 Å². The Bertz CT molecular complexity index is 737. The molecule has 0 bridgehead atoms. The molecule has 1 N–H and O–H groups in total. The number of hydrogen-bond acceptors (Lipinski definition) is 4. The van der Waals surface area contributed by atoms with Crippen LogP contribution in [0.15, 0.2) is 54.7 Å². The number of aromatic nitrogens is 1. The first-order chi connectivity index (χ1) is 11.1. The van der Waals surface area contributed by atoms with Crippen LogP contribution in [0.3, 0.4) is 0 Å². The lowest BCUT2D eigenvalue weighted by atomic mass is 9.94. The van der Waals surface area contributed by atoms with E-state index >= 15 is 0 Å². The maximum Gasteiger partial charge on any atom is 0.233 e. The largest absolute Gasteiger partial charge is 0.351 e. The van der Waals surface area contributed by atoms with Crippen LogP contribution in [-0.4, -0.2) is 36.9 Å². The second-order valence-corrected chi connectivity index (χ2v) is 7.94. The van der Waals surface area contributed by atoms with Crippen molar-refractivity contribution in [2.75, 3.05) is 11.5 Å². The van der Waals surface area contributed by atoms with Gasteiger partial charge in [0.15, 0.2) is 9.84 Å². The van der Waals surface area contributed by atoms with Crippen LogP contribution in [0.25, 0.3) is 0 Å². The molecule has 120 valence electrons. The molecule has 1 saturated heterocycles. The van der Waals surface area contributed by atoms with E-state index in [4.69, 9.17) is 0 Å². The molecule has 2 atom stereocenters. The molecule has 0 saturated carbocycles. The van der Waals surface area contributed by atoms with Gasteiger partial charge in [0.2, 0.25) is 5.91 Å². The molecule has 0 radical (unpaired) electrons. The molecule has 1 aliphatic heterocycles. The number of carbonyl (C=O) groups is 1. The van der Waals surface area contributed by atoms with Gasteiger partial charge >= 0.3 is 0 Å². The zero-order valence-electron chi connectivity index (χ0n) is 12.6. The number of nitrogens with zero attached hydrogens (tertiary/aromatic N) is 1. The van der Waals surface area contributed by atoms with E-state index in [1.54, 1.807) is 12.3 Å². The average Bonchev–Trinajstić information content (AvgIpc) is 2.88. The second kappa shape index (κ2) is 6.50. The molecule has 5 nitrogen and oxygen atoms in total. The van der Waals surface area contributed by atoms with Crippen LogP contribution in [-0.2, 0) is 14.6 Å². The number of rotatable bonds is 4. The fourth-order valence-electron chi connectivity index (χ4n) is 2.84. The SMILES string of the molecule is O=C(NC1CCS(=O)(=O)C1)C(c1ccccc1)c1ccccn1. The fraction of sp³-hybridized carbons (Fsp3) is 0.294. The number of nitrogens with one attached hydrogen (secondary N) is 1. The summed E-state index contributed by atoms with van der Waals surface area (Å²) in [5.41, 5.74) is 1.49. The Morgan fingerprint density at radius 2 is 1.87 bits per heavy atom. The van der Waals surface area contributed by atoms with E-state index in [-0.39, 0.29) is 23.5 Å². The van der Waals surface area contributed by atoms with Gasteiger partial charge in [-0.15, -0.1) is 0 Å². The summed E-state index contributed by atoms with van der Waals surface area (Å²) in [6.07, 6.45) is 2.12. The summed E-state index contributed by atoms with van der Waals surface area (Å²) in [5, 5.41) is 2.87. The normalized spacial score (nSPS) is 20.8. The first kappa shape index (κ1) is 15.7. The van der Waals surface area contributed by atoms with Crippen LogP contribution >= 0.6 is 0 Å². The van der Waals surface area contributed by atoms with E-state index in [0.29, 0.717) is 12.1 Å². The lowest BCUT2D eigenvalue weighted by Crippen LogP contribution is -2.39. The quantitative estimate of drug-likeness (QED) is 0.922. The van der Waals surface area contributed by atoms with Crippen molar-refractivity contribution in [2.45, 2.75) is 18.4 Å². The Kier molecular flexibility index (Phi) is 4.43. The highest BCUT2D eigenvalue weighted by molar-refractivity contribution is 7.91. The molecule has 2 heterocycles. The van der Waals surface area contributed by atoms with E-state index in [1.807, 2.05) is 42.5 Å². The van der Waals surface area contributed by atoms with Crippen molar-refractivity contribution >= 4 is 15.7 Å². The van der Waals surface area contributed by atoms with Gasteiger partial charge in [0.1, 0.15) is 5.92 Å². The number of amides is 1. The van der Waals surface area contributed by atoms with Gasteiger partial charge in [0.25, 0.3) is 0 Å². The van der Waals surface area contributed by atoms with Crippen molar-refractivity contribution < 1.29 is 13.2 Å². The van der Waals surface area contributed by atoms with Gasteiger partial charge in [-0.05, 0) is 24.1 Å². The second-order valence-electron chi connectivity index (χ2n) is 5.71. The minimum Gasteiger partial charge on any atom is -0.351 e. The highest BCUT2D eigenvalue weighted by atomic mass is 32.2.